The van der Waals surface area contributed by atoms with Gasteiger partial charge in [0, 0.05) is 0 Å². The first-order valence-corrected chi connectivity index (χ1v) is 4.75. The Morgan fingerprint density at radius 1 is 1.56 bits per heavy atom. The van der Waals surface area contributed by atoms with Crippen molar-refractivity contribution in [2.45, 2.75) is 19.4 Å². The quantitative estimate of drug-likeness (QED) is 0.395. The van der Waals surface area contributed by atoms with Crippen molar-refractivity contribution in [3.63, 3.8) is 0 Å². The van der Waals surface area contributed by atoms with Crippen LogP contribution >= 0.6 is 0 Å². The first-order chi connectivity index (χ1) is 7.37. The molecule has 0 unspecified atom stereocenters. The van der Waals surface area contributed by atoms with Crippen molar-refractivity contribution in [1.82, 2.24) is 5.32 Å². The van der Waals surface area contributed by atoms with Gasteiger partial charge in [0.25, 0.3) is 5.91 Å². The van der Waals surface area contributed by atoms with Crippen molar-refractivity contribution >= 4 is 11.6 Å². The molecule has 4 nitrogen and oxygen atoms in total. The van der Waals surface area contributed by atoms with E-state index in [9.17, 15) is 9.90 Å². The predicted octanol–water partition coefficient (Wildman–Crippen LogP) is 1.12. The summed E-state index contributed by atoms with van der Waals surface area (Å²) in [7, 11) is 0. The molecule has 1 amide bonds. The third kappa shape index (κ3) is 2.45. The molecule has 1 aromatic carbocycles. The third-order valence-electron chi connectivity index (χ3n) is 2.10. The van der Waals surface area contributed by atoms with Crippen molar-refractivity contribution in [1.29, 1.82) is 0 Å². The maximum atomic E-state index is 11.8. The Kier molecular flexibility index (Phi) is 3.09. The molecule has 0 heterocycles. The van der Waals surface area contributed by atoms with E-state index in [4.69, 9.17) is 12.2 Å². The van der Waals surface area contributed by atoms with Crippen molar-refractivity contribution in [3.8, 4) is 18.1 Å². The first kappa shape index (κ1) is 11.9. The van der Waals surface area contributed by atoms with Crippen LogP contribution in [-0.2, 0) is 0 Å². The number of carbonyl (C=O) groups is 1. The number of aromatic hydroxyl groups is 1. The second-order valence-electron chi connectivity index (χ2n) is 3.97. The fraction of sp³-hybridized carbons (Fsp3) is 0.250. The minimum atomic E-state index is -0.770. The number of carbonyl (C=O) groups excluding carboxylic acids is 1. The lowest BCUT2D eigenvalue weighted by Gasteiger charge is -2.20. The smallest absolute Gasteiger partial charge is 0.256 e. The van der Waals surface area contributed by atoms with Gasteiger partial charge >= 0.3 is 0 Å². The van der Waals surface area contributed by atoms with Gasteiger partial charge in [-0.05, 0) is 26.0 Å². The molecular weight excluding hydrogens is 204 g/mol. The van der Waals surface area contributed by atoms with Crippen molar-refractivity contribution in [3.05, 3.63) is 23.8 Å². The largest absolute Gasteiger partial charge is 0.505 e. The molecular formula is C12H14N2O2. The van der Waals surface area contributed by atoms with Crippen molar-refractivity contribution < 1.29 is 9.90 Å². The van der Waals surface area contributed by atoms with E-state index in [-0.39, 0.29) is 17.0 Å². The SMILES string of the molecule is C#CC(C)(C)NC(=O)c1cccc(N)c1O. The Bertz CT molecular complexity index is 459. The van der Waals surface area contributed by atoms with Crippen LogP contribution < -0.4 is 11.1 Å². The van der Waals surface area contributed by atoms with Gasteiger partial charge in [-0.3, -0.25) is 4.79 Å². The topological polar surface area (TPSA) is 75.4 Å². The number of rotatable bonds is 2. The molecule has 0 aliphatic carbocycles. The number of nitrogen functional groups attached to an aromatic ring is 1. The summed E-state index contributed by atoms with van der Waals surface area (Å²) in [5.74, 6) is 1.75. The van der Waals surface area contributed by atoms with Crippen LogP contribution in [0.25, 0.3) is 0 Å². The van der Waals surface area contributed by atoms with Crippen LogP contribution in [0.3, 0.4) is 0 Å². The highest BCUT2D eigenvalue weighted by Crippen LogP contribution is 2.24. The van der Waals surface area contributed by atoms with Gasteiger partial charge in [-0.2, -0.15) is 0 Å². The van der Waals surface area contributed by atoms with E-state index in [0.717, 1.165) is 0 Å². The molecule has 0 atom stereocenters. The number of nitrogens with two attached hydrogens (primary N) is 1. The van der Waals surface area contributed by atoms with Gasteiger partial charge in [0.05, 0.1) is 16.8 Å². The zero-order valence-electron chi connectivity index (χ0n) is 9.24. The van der Waals surface area contributed by atoms with Crippen LogP contribution in [0.15, 0.2) is 18.2 Å². The fourth-order valence-corrected chi connectivity index (χ4v) is 1.13. The molecule has 0 radical (unpaired) electrons. The lowest BCUT2D eigenvalue weighted by Crippen LogP contribution is -2.42. The number of phenolic OH excluding ortho intramolecular Hbond substituents is 1. The molecule has 84 valence electrons. The van der Waals surface area contributed by atoms with E-state index in [2.05, 4.69) is 11.2 Å². The second kappa shape index (κ2) is 4.15. The summed E-state index contributed by atoms with van der Waals surface area (Å²) in [4.78, 5) is 11.8. The standard InChI is InChI=1S/C12H14N2O2/c1-4-12(2,3)14-11(16)8-6-5-7-9(13)10(8)15/h1,5-7,15H,13H2,2-3H3,(H,14,16). The second-order valence-corrected chi connectivity index (χ2v) is 3.97. The number of hydrogen-bond acceptors (Lipinski definition) is 3. The van der Waals surface area contributed by atoms with Gasteiger partial charge in [-0.1, -0.05) is 12.0 Å². The minimum Gasteiger partial charge on any atom is -0.505 e. The first-order valence-electron chi connectivity index (χ1n) is 4.75. The molecule has 0 saturated heterocycles. The number of amides is 1. The number of hydrogen-bond donors (Lipinski definition) is 3. The third-order valence-corrected chi connectivity index (χ3v) is 2.10. The van der Waals surface area contributed by atoms with Crippen LogP contribution in [-0.4, -0.2) is 16.6 Å². The molecule has 4 N–H and O–H groups in total. The van der Waals surface area contributed by atoms with Crippen LogP contribution in [0.4, 0.5) is 5.69 Å². The average molecular weight is 218 g/mol. The van der Waals surface area contributed by atoms with Crippen molar-refractivity contribution in [2.75, 3.05) is 5.73 Å². The van der Waals surface area contributed by atoms with Gasteiger partial charge < -0.3 is 16.2 Å². The zero-order chi connectivity index (χ0) is 12.3. The molecule has 0 aliphatic rings. The normalized spacial score (nSPS) is 10.6. The van der Waals surface area contributed by atoms with Crippen LogP contribution in [0, 0.1) is 12.3 Å². The number of phenols is 1. The molecule has 1 aromatic rings. The van der Waals surface area contributed by atoms with E-state index in [1.54, 1.807) is 19.9 Å². The van der Waals surface area contributed by atoms with Gasteiger partial charge in [0.1, 0.15) is 0 Å². The zero-order valence-corrected chi connectivity index (χ0v) is 9.24. The number of para-hydroxylation sites is 1. The van der Waals surface area contributed by atoms with Crippen LogP contribution in [0.5, 0.6) is 5.75 Å². The molecule has 1 rings (SSSR count). The van der Waals surface area contributed by atoms with E-state index in [1.807, 2.05) is 0 Å². The van der Waals surface area contributed by atoms with Gasteiger partial charge in [-0.25, -0.2) is 0 Å². The van der Waals surface area contributed by atoms with Crippen LogP contribution in [0.2, 0.25) is 0 Å². The highest BCUT2D eigenvalue weighted by atomic mass is 16.3. The summed E-state index contributed by atoms with van der Waals surface area (Å²) in [6.45, 7) is 3.38. The summed E-state index contributed by atoms with van der Waals surface area (Å²) in [6, 6.07) is 4.58. The minimum absolute atomic E-state index is 0.114. The van der Waals surface area contributed by atoms with Crippen LogP contribution in [0.1, 0.15) is 24.2 Å². The lowest BCUT2D eigenvalue weighted by molar-refractivity contribution is 0.0927. The molecule has 16 heavy (non-hydrogen) atoms. The number of terminal acetylenes is 1. The maximum absolute atomic E-state index is 11.8. The molecule has 0 fully saturated rings. The highest BCUT2D eigenvalue weighted by Gasteiger charge is 2.20. The van der Waals surface area contributed by atoms with Gasteiger partial charge in [0.2, 0.25) is 0 Å². The highest BCUT2D eigenvalue weighted by molar-refractivity contribution is 5.99. The monoisotopic (exact) mass is 218 g/mol. The Hall–Kier alpha value is -2.15. The predicted molar refractivity (Wildman–Crippen MR) is 62.9 cm³/mol. The van der Waals surface area contributed by atoms with Crippen molar-refractivity contribution in [2.24, 2.45) is 0 Å². The average Bonchev–Trinajstić information content (AvgIpc) is 2.21. The Labute approximate surface area is 94.5 Å². The summed E-state index contributed by atoms with van der Waals surface area (Å²) < 4.78 is 0. The molecule has 0 aromatic heterocycles. The molecule has 0 saturated carbocycles. The Morgan fingerprint density at radius 2 is 2.19 bits per heavy atom. The van der Waals surface area contributed by atoms with E-state index >= 15 is 0 Å². The number of nitrogens with one attached hydrogen (secondary N) is 1. The number of anilines is 1. The van der Waals surface area contributed by atoms with Gasteiger partial charge in [-0.15, -0.1) is 6.42 Å². The lowest BCUT2D eigenvalue weighted by atomic mass is 10.1. The summed E-state index contributed by atoms with van der Waals surface area (Å²) in [5.41, 5.74) is 4.99. The molecule has 0 aliphatic heterocycles. The van der Waals surface area contributed by atoms with E-state index in [1.165, 1.54) is 12.1 Å². The Morgan fingerprint density at radius 3 is 2.75 bits per heavy atom. The Balaban J connectivity index is 2.99. The summed E-state index contributed by atoms with van der Waals surface area (Å²) in [6.07, 6.45) is 5.25. The maximum Gasteiger partial charge on any atom is 0.256 e. The molecule has 0 spiro atoms. The molecule has 0 bridgehead atoms. The number of benzene rings is 1. The fourth-order valence-electron chi connectivity index (χ4n) is 1.13. The summed E-state index contributed by atoms with van der Waals surface area (Å²) in [5, 5.41) is 12.2. The summed E-state index contributed by atoms with van der Waals surface area (Å²) >= 11 is 0. The van der Waals surface area contributed by atoms with Gasteiger partial charge in [0.15, 0.2) is 5.75 Å². The van der Waals surface area contributed by atoms with E-state index < -0.39 is 11.4 Å². The van der Waals surface area contributed by atoms with E-state index in [0.29, 0.717) is 0 Å². The molecule has 4 heteroatoms.